The van der Waals surface area contributed by atoms with Crippen LogP contribution in [-0.4, -0.2) is 205 Å². The molecule has 0 bridgehead atoms. The lowest BCUT2D eigenvalue weighted by atomic mass is 9.84. The number of carbonyl (C=O) groups is 4. The molecule has 0 radical (unpaired) electrons. The summed E-state index contributed by atoms with van der Waals surface area (Å²) in [5, 5.41) is 102. The Morgan fingerprint density at radius 1 is 0.353 bits per heavy atom. The van der Waals surface area contributed by atoms with Gasteiger partial charge in [0.2, 0.25) is 0 Å². The zero-order valence-corrected chi connectivity index (χ0v) is 75.7. The molecule has 119 heavy (non-hydrogen) atoms. The van der Waals surface area contributed by atoms with E-state index in [2.05, 4.69) is 46.8 Å². The van der Waals surface area contributed by atoms with Gasteiger partial charge in [-0.2, -0.15) is 0 Å². The molecule has 0 aromatic carbocycles. The molecule has 3 rings (SSSR count). The fourth-order valence-electron chi connectivity index (χ4n) is 16.1. The van der Waals surface area contributed by atoms with Crippen LogP contribution in [0.4, 0.5) is 0 Å². The number of aliphatic hydroxyl groups excluding tert-OH is 9. The van der Waals surface area contributed by atoms with Crippen LogP contribution in [0.1, 0.15) is 420 Å². The molecule has 19 atom stereocenters. The number of phosphoric acid groups is 1. The summed E-state index contributed by atoms with van der Waals surface area (Å²) in [7, 11) is -5.81. The number of carbonyl (C=O) groups excluding carboxylic acids is 4. The molecular weight excluding hydrogens is 1550 g/mol. The normalized spacial score (nSPS) is 25.1. The molecule has 3 fully saturated rings. The Hall–Kier alpha value is -2.79. The molecule has 2 heterocycles. The van der Waals surface area contributed by atoms with E-state index in [4.69, 9.17) is 46.9 Å². The van der Waals surface area contributed by atoms with Gasteiger partial charge in [0.25, 0.3) is 0 Å². The first-order chi connectivity index (χ1) is 57.6. The van der Waals surface area contributed by atoms with E-state index < -0.39 is 162 Å². The highest BCUT2D eigenvalue weighted by molar-refractivity contribution is 7.47. The summed E-state index contributed by atoms with van der Waals surface area (Å²) < 4.78 is 73.6. The van der Waals surface area contributed by atoms with Gasteiger partial charge in [-0.1, -0.05) is 355 Å². The second-order valence-corrected chi connectivity index (χ2v) is 36.3. The fraction of sp³-hybridized carbons (Fsp3) is 0.935. The number of allylic oxidation sites excluding steroid dienone is 2. The zero-order chi connectivity index (χ0) is 86.9. The van der Waals surface area contributed by atoms with Crippen molar-refractivity contribution in [3.63, 3.8) is 0 Å². The van der Waals surface area contributed by atoms with Gasteiger partial charge in [0.1, 0.15) is 92.6 Å². The predicted molar refractivity (Wildman–Crippen MR) is 463 cm³/mol. The quantitative estimate of drug-likeness (QED) is 0.00889. The number of aliphatic hydroxyl groups is 9. The predicted octanol–water partition coefficient (Wildman–Crippen LogP) is 18.2. The molecule has 10 N–H and O–H groups in total. The molecule has 0 aromatic rings. The molecule has 0 aromatic heterocycles. The highest BCUT2D eigenvalue weighted by Gasteiger charge is 2.60. The van der Waals surface area contributed by atoms with Gasteiger partial charge in [-0.15, -0.1) is 0 Å². The maximum absolute atomic E-state index is 14.9. The Morgan fingerprint density at radius 2 is 0.681 bits per heavy atom. The smallest absolute Gasteiger partial charge is 0.463 e. The van der Waals surface area contributed by atoms with E-state index >= 15 is 0 Å². The summed E-state index contributed by atoms with van der Waals surface area (Å²) in [6.07, 6.45) is 29.1. The number of ether oxygens (including phenoxy) is 8. The lowest BCUT2D eigenvalue weighted by Crippen LogP contribution is -2.70. The molecule has 26 heteroatoms. The van der Waals surface area contributed by atoms with Crippen molar-refractivity contribution >= 4 is 31.7 Å². The van der Waals surface area contributed by atoms with Crippen molar-refractivity contribution in [3.8, 4) is 0 Å². The third kappa shape index (κ3) is 51.6. The summed E-state index contributed by atoms with van der Waals surface area (Å²) in [6, 6.07) is 0. The minimum atomic E-state index is -5.81. The van der Waals surface area contributed by atoms with Crippen molar-refractivity contribution in [1.29, 1.82) is 0 Å². The Bertz CT molecular complexity index is 2530. The molecule has 0 amide bonds. The van der Waals surface area contributed by atoms with Crippen molar-refractivity contribution in [3.05, 3.63) is 12.2 Å². The number of hydrogen-bond donors (Lipinski definition) is 10. The Kier molecular flexibility index (Phi) is 66.1. The van der Waals surface area contributed by atoms with Gasteiger partial charge in [-0.05, 0) is 57.3 Å². The van der Waals surface area contributed by atoms with Gasteiger partial charge in [0.05, 0.1) is 13.2 Å². The first-order valence-electron chi connectivity index (χ1n) is 48.3. The third-order valence-electron chi connectivity index (χ3n) is 23.9. The summed E-state index contributed by atoms with van der Waals surface area (Å²) in [5.74, 6) is -2.29. The van der Waals surface area contributed by atoms with Crippen molar-refractivity contribution in [2.45, 2.75) is 524 Å². The molecule has 700 valence electrons. The molecule has 25 nitrogen and oxygen atoms in total. The second-order valence-electron chi connectivity index (χ2n) is 34.9. The van der Waals surface area contributed by atoms with Crippen LogP contribution in [0, 0.1) is 5.92 Å². The fourth-order valence-corrected chi connectivity index (χ4v) is 17.1. The van der Waals surface area contributed by atoms with Gasteiger partial charge in [-0.25, -0.2) is 4.57 Å². The summed E-state index contributed by atoms with van der Waals surface area (Å²) in [4.78, 5) is 66.6. The zero-order valence-electron chi connectivity index (χ0n) is 74.8. The van der Waals surface area contributed by atoms with E-state index in [-0.39, 0.29) is 25.7 Å². The SMILES string of the molecule is CCCCCC/C=C\CCCCCCCCCC(=O)OCC(COP(=O)(O)OC1C(OC2OC(CO)C(O)C(O)C2O)C(O)C(O)C(OC(=O)CCCCCCCCCCCCCCC)C1OC1OC(COC(=O)CCCCCCCCCCCCCCCCCC)C(O)C(O)C1O)OC(=O)CCCCCCCCC(C)CCCCCCCC. The largest absolute Gasteiger partial charge is 0.472 e. The van der Waals surface area contributed by atoms with Crippen molar-refractivity contribution in [2.75, 3.05) is 26.4 Å². The molecule has 1 saturated carbocycles. The van der Waals surface area contributed by atoms with Crippen LogP contribution < -0.4 is 0 Å². The van der Waals surface area contributed by atoms with Crippen LogP contribution in [0.15, 0.2) is 12.2 Å². The maximum Gasteiger partial charge on any atom is 0.472 e. The highest BCUT2D eigenvalue weighted by atomic mass is 31.2. The van der Waals surface area contributed by atoms with Crippen LogP contribution in [0.25, 0.3) is 0 Å². The third-order valence-corrected chi connectivity index (χ3v) is 24.9. The number of rotatable bonds is 78. The van der Waals surface area contributed by atoms with Gasteiger partial charge < -0.3 is 88.7 Å². The lowest BCUT2D eigenvalue weighted by molar-refractivity contribution is -0.360. The Labute approximate surface area is 718 Å². The van der Waals surface area contributed by atoms with Crippen LogP contribution in [0.2, 0.25) is 0 Å². The van der Waals surface area contributed by atoms with E-state index in [1.807, 2.05) is 0 Å². The average molecular weight is 1720 g/mol. The van der Waals surface area contributed by atoms with E-state index in [0.717, 1.165) is 148 Å². The van der Waals surface area contributed by atoms with Crippen molar-refractivity contribution in [1.82, 2.24) is 0 Å². The Balaban J connectivity index is 1.91. The maximum atomic E-state index is 14.9. The first-order valence-corrected chi connectivity index (χ1v) is 49.8. The summed E-state index contributed by atoms with van der Waals surface area (Å²) in [5.41, 5.74) is 0. The molecule has 2 aliphatic heterocycles. The number of hydrogen-bond acceptors (Lipinski definition) is 24. The number of esters is 4. The topological polar surface area (TPSA) is 380 Å². The second kappa shape index (κ2) is 71.3. The average Bonchev–Trinajstić information content (AvgIpc) is 0.754. The van der Waals surface area contributed by atoms with Crippen LogP contribution >= 0.6 is 7.82 Å². The van der Waals surface area contributed by atoms with Gasteiger partial charge in [0.15, 0.2) is 24.8 Å². The number of unbranched alkanes of at least 4 members (excludes halogenated alkanes) is 48. The van der Waals surface area contributed by atoms with E-state index in [0.29, 0.717) is 38.0 Å². The van der Waals surface area contributed by atoms with E-state index in [1.165, 1.54) is 180 Å². The van der Waals surface area contributed by atoms with Crippen LogP contribution in [0.3, 0.4) is 0 Å². The standard InChI is InChI=1S/C93H173O25P/c1-6-10-14-18-22-25-28-31-33-35-38-40-43-46-53-59-65-77(96)110-71-75-81(100)83(102)87(106)93(114-75)117-90-88(115-79(98)67-61-54-47-44-41-36-30-27-24-20-16-12-8-3)84(103)85(104)89(116-92-86(105)82(101)80(99)74(68-94)113-92)91(90)118-119(107,108)111-70-73(69-109-76(95)64-58-52-45-42-39-37-34-32-29-26-23-19-15-11-7-2)112-78(97)66-60-55-49-48-51-57-63-72(5)62-56-50-21-17-13-9-4/h26,29,72-75,80-94,99-106H,6-25,27-28,30-71H2,1-5H3,(H,107,108)/b29-26-. The molecule has 1 aliphatic carbocycles. The summed E-state index contributed by atoms with van der Waals surface area (Å²) >= 11 is 0. The summed E-state index contributed by atoms with van der Waals surface area (Å²) in [6.45, 7) is 7.93. The number of phosphoric ester groups is 1. The van der Waals surface area contributed by atoms with E-state index in [9.17, 15) is 74.6 Å². The molecule has 3 aliphatic rings. The molecule has 2 saturated heterocycles. The molecule has 0 spiro atoms. The molecule has 19 unspecified atom stereocenters. The first kappa shape index (κ1) is 110. The van der Waals surface area contributed by atoms with E-state index in [1.54, 1.807) is 0 Å². The van der Waals surface area contributed by atoms with Crippen LogP contribution in [-0.2, 0) is 70.7 Å². The Morgan fingerprint density at radius 3 is 1.09 bits per heavy atom. The highest BCUT2D eigenvalue weighted by Crippen LogP contribution is 2.49. The van der Waals surface area contributed by atoms with Gasteiger partial charge in [-0.3, -0.25) is 28.2 Å². The minimum absolute atomic E-state index is 0.0188. The van der Waals surface area contributed by atoms with Gasteiger partial charge in [0, 0.05) is 25.7 Å². The minimum Gasteiger partial charge on any atom is -0.463 e. The van der Waals surface area contributed by atoms with Crippen molar-refractivity contribution in [2.24, 2.45) is 5.92 Å². The monoisotopic (exact) mass is 1720 g/mol. The molecular formula is C93H173O25P. The lowest BCUT2D eigenvalue weighted by Gasteiger charge is -2.50. The van der Waals surface area contributed by atoms with Gasteiger partial charge >= 0.3 is 31.7 Å². The van der Waals surface area contributed by atoms with Crippen LogP contribution in [0.5, 0.6) is 0 Å². The van der Waals surface area contributed by atoms with Crippen molar-refractivity contribution < 1.29 is 122 Å².